The van der Waals surface area contributed by atoms with Crippen molar-refractivity contribution in [2.75, 3.05) is 25.0 Å². The molecule has 3 heteroatoms. The number of nitrogens with one attached hydrogen (secondary N) is 1. The molecule has 0 saturated heterocycles. The largest absolute Gasteiger partial charge is 0.385 e. The van der Waals surface area contributed by atoms with E-state index < -0.39 is 0 Å². The summed E-state index contributed by atoms with van der Waals surface area (Å²) in [5.74, 6) is 0. The molecule has 0 unspecified atom stereocenters. The van der Waals surface area contributed by atoms with E-state index in [1.54, 1.807) is 4.90 Å². The van der Waals surface area contributed by atoms with Gasteiger partial charge in [-0.3, -0.25) is 4.79 Å². The van der Waals surface area contributed by atoms with E-state index in [4.69, 9.17) is 0 Å². The van der Waals surface area contributed by atoms with Crippen molar-refractivity contribution in [2.45, 2.75) is 20.8 Å². The van der Waals surface area contributed by atoms with Crippen molar-refractivity contribution < 1.29 is 4.79 Å². The molecule has 0 aromatic heterocycles. The van der Waals surface area contributed by atoms with Crippen LogP contribution in [-0.2, 0) is 4.79 Å². The third-order valence-electron chi connectivity index (χ3n) is 2.12. The maximum Gasteiger partial charge on any atom is 0.209 e. The summed E-state index contributed by atoms with van der Waals surface area (Å²) in [6.45, 7) is 8.63. The highest BCUT2D eigenvalue weighted by Gasteiger charge is 1.87. The molecule has 1 rings (SSSR count). The monoisotopic (exact) mass is 222 g/mol. The number of amides is 1. The highest BCUT2D eigenvalue weighted by Crippen LogP contribution is 2.02. The van der Waals surface area contributed by atoms with Gasteiger partial charge in [0.05, 0.1) is 0 Å². The summed E-state index contributed by atoms with van der Waals surface area (Å²) in [6.07, 6.45) is 0.861. The molecule has 0 saturated carbocycles. The Morgan fingerprint density at radius 3 is 2.00 bits per heavy atom. The van der Waals surface area contributed by atoms with Crippen LogP contribution in [0.3, 0.4) is 0 Å². The molecule has 0 aliphatic heterocycles. The highest BCUT2D eigenvalue weighted by atomic mass is 16.1. The topological polar surface area (TPSA) is 32.3 Å². The van der Waals surface area contributed by atoms with Crippen LogP contribution in [0.4, 0.5) is 5.69 Å². The first-order valence-electron chi connectivity index (χ1n) is 5.76. The quantitative estimate of drug-likeness (QED) is 0.777. The molecule has 0 heterocycles. The Morgan fingerprint density at radius 1 is 1.12 bits per heavy atom. The van der Waals surface area contributed by atoms with Crippen LogP contribution in [-0.4, -0.2) is 30.9 Å². The normalized spacial score (nSPS) is 8.69. The van der Waals surface area contributed by atoms with Gasteiger partial charge in [0.1, 0.15) is 0 Å². The zero-order chi connectivity index (χ0) is 12.2. The third-order valence-corrected chi connectivity index (χ3v) is 2.12. The Kier molecular flexibility index (Phi) is 9.08. The number of hydrogen-bond acceptors (Lipinski definition) is 2. The molecule has 0 radical (unpaired) electrons. The summed E-state index contributed by atoms with van der Waals surface area (Å²) >= 11 is 0. The molecule has 3 nitrogen and oxygen atoms in total. The van der Waals surface area contributed by atoms with E-state index in [1.165, 1.54) is 5.69 Å². The molecular formula is C13H22N2O. The summed E-state index contributed by atoms with van der Waals surface area (Å²) in [5.41, 5.74) is 1.19. The van der Waals surface area contributed by atoms with E-state index >= 15 is 0 Å². The smallest absolute Gasteiger partial charge is 0.209 e. The van der Waals surface area contributed by atoms with Crippen LogP contribution in [0.25, 0.3) is 0 Å². The van der Waals surface area contributed by atoms with E-state index in [-0.39, 0.29) is 0 Å². The Hall–Kier alpha value is -1.51. The minimum Gasteiger partial charge on any atom is -0.385 e. The second-order valence-electron chi connectivity index (χ2n) is 3.22. The Labute approximate surface area is 98.5 Å². The number of hydrogen-bond donors (Lipinski definition) is 1. The predicted molar refractivity (Wildman–Crippen MR) is 69.6 cm³/mol. The van der Waals surface area contributed by atoms with Gasteiger partial charge in [0, 0.05) is 25.3 Å². The molecule has 0 atom stereocenters. The number of para-hydroxylation sites is 1. The maximum absolute atomic E-state index is 9.89. The van der Waals surface area contributed by atoms with Crippen LogP contribution in [0.2, 0.25) is 0 Å². The fraction of sp³-hybridized carbons (Fsp3) is 0.462. The fourth-order valence-corrected chi connectivity index (χ4v) is 1.13. The molecule has 1 aromatic rings. The molecule has 0 spiro atoms. The molecule has 0 fully saturated rings. The summed E-state index contributed by atoms with van der Waals surface area (Å²) < 4.78 is 0. The second kappa shape index (κ2) is 10.0. The zero-order valence-electron chi connectivity index (χ0n) is 10.4. The van der Waals surface area contributed by atoms with Crippen LogP contribution in [0.5, 0.6) is 0 Å². The number of nitrogens with zero attached hydrogens (tertiary/aromatic N) is 1. The summed E-state index contributed by atoms with van der Waals surface area (Å²) in [6, 6.07) is 10.2. The van der Waals surface area contributed by atoms with Crippen LogP contribution < -0.4 is 5.32 Å². The van der Waals surface area contributed by atoms with Crippen molar-refractivity contribution in [1.82, 2.24) is 4.90 Å². The van der Waals surface area contributed by atoms with Gasteiger partial charge in [0.2, 0.25) is 6.41 Å². The number of anilines is 1. The van der Waals surface area contributed by atoms with Crippen LogP contribution >= 0.6 is 0 Å². The van der Waals surface area contributed by atoms with E-state index in [0.29, 0.717) is 0 Å². The van der Waals surface area contributed by atoms with Gasteiger partial charge in [-0.1, -0.05) is 18.2 Å². The minimum atomic E-state index is 0.819. The van der Waals surface area contributed by atoms with Crippen molar-refractivity contribution in [3.8, 4) is 0 Å². The van der Waals surface area contributed by atoms with Gasteiger partial charge in [0.15, 0.2) is 0 Å². The van der Waals surface area contributed by atoms with Gasteiger partial charge >= 0.3 is 0 Å². The van der Waals surface area contributed by atoms with Gasteiger partial charge in [-0.25, -0.2) is 0 Å². The maximum atomic E-state index is 9.89. The third kappa shape index (κ3) is 6.87. The molecule has 0 bridgehead atoms. The Balaban J connectivity index is 0.000000293. The minimum absolute atomic E-state index is 0.819. The van der Waals surface area contributed by atoms with Gasteiger partial charge in [-0.2, -0.15) is 0 Å². The van der Waals surface area contributed by atoms with Gasteiger partial charge in [-0.05, 0) is 32.9 Å². The summed E-state index contributed by atoms with van der Waals surface area (Å²) in [4.78, 5) is 11.6. The predicted octanol–water partition coefficient (Wildman–Crippen LogP) is 2.60. The molecule has 1 amide bonds. The van der Waals surface area contributed by atoms with Gasteiger partial charge < -0.3 is 10.2 Å². The van der Waals surface area contributed by atoms with Crippen molar-refractivity contribution in [2.24, 2.45) is 0 Å². The standard InChI is InChI=1S/C8H11N.C5H11NO/c1-2-9-8-6-4-3-5-7-8;1-3-6(4-2)5-7/h3-7,9H,2H2,1H3;5H,3-4H2,1-2H3. The van der Waals surface area contributed by atoms with Crippen molar-refractivity contribution in [3.63, 3.8) is 0 Å². The van der Waals surface area contributed by atoms with Crippen LogP contribution in [0, 0.1) is 0 Å². The number of rotatable bonds is 5. The first-order chi connectivity index (χ1) is 7.78. The summed E-state index contributed by atoms with van der Waals surface area (Å²) in [5, 5.41) is 3.21. The van der Waals surface area contributed by atoms with E-state index in [2.05, 4.69) is 24.4 Å². The lowest BCUT2D eigenvalue weighted by Crippen LogP contribution is -2.19. The number of benzene rings is 1. The molecule has 1 N–H and O–H groups in total. The fourth-order valence-electron chi connectivity index (χ4n) is 1.13. The first-order valence-corrected chi connectivity index (χ1v) is 5.76. The lowest BCUT2D eigenvalue weighted by Gasteiger charge is -2.08. The molecule has 16 heavy (non-hydrogen) atoms. The van der Waals surface area contributed by atoms with E-state index in [9.17, 15) is 4.79 Å². The van der Waals surface area contributed by atoms with Crippen molar-refractivity contribution >= 4 is 12.1 Å². The van der Waals surface area contributed by atoms with Crippen molar-refractivity contribution in [3.05, 3.63) is 30.3 Å². The van der Waals surface area contributed by atoms with E-state index in [1.807, 2.05) is 32.0 Å². The Bertz CT molecular complexity index is 258. The average Bonchev–Trinajstić information content (AvgIpc) is 2.34. The lowest BCUT2D eigenvalue weighted by atomic mass is 10.3. The SMILES string of the molecule is CCN(C=O)CC.CCNc1ccccc1. The van der Waals surface area contributed by atoms with Crippen LogP contribution in [0.1, 0.15) is 20.8 Å². The van der Waals surface area contributed by atoms with Crippen LogP contribution in [0.15, 0.2) is 30.3 Å². The Morgan fingerprint density at radius 2 is 1.69 bits per heavy atom. The molecular weight excluding hydrogens is 200 g/mol. The zero-order valence-corrected chi connectivity index (χ0v) is 10.4. The van der Waals surface area contributed by atoms with Gasteiger partial charge in [0.25, 0.3) is 0 Å². The molecule has 0 aliphatic rings. The average molecular weight is 222 g/mol. The second-order valence-corrected chi connectivity index (χ2v) is 3.22. The van der Waals surface area contributed by atoms with E-state index in [0.717, 1.165) is 26.0 Å². The molecule has 1 aromatic carbocycles. The number of carbonyl (C=O) groups excluding carboxylic acids is 1. The molecule has 0 aliphatic carbocycles. The van der Waals surface area contributed by atoms with Gasteiger partial charge in [-0.15, -0.1) is 0 Å². The summed E-state index contributed by atoms with van der Waals surface area (Å²) in [7, 11) is 0. The first kappa shape index (κ1) is 14.5. The highest BCUT2D eigenvalue weighted by molar-refractivity contribution is 5.46. The van der Waals surface area contributed by atoms with Crippen molar-refractivity contribution in [1.29, 1.82) is 0 Å². The lowest BCUT2D eigenvalue weighted by molar-refractivity contribution is -0.117. The number of carbonyl (C=O) groups is 1. The molecule has 90 valence electrons.